The molecule has 4 heteroatoms. The van der Waals surface area contributed by atoms with Crippen molar-refractivity contribution in [1.29, 1.82) is 0 Å². The molecule has 20 heavy (non-hydrogen) atoms. The molecule has 1 aromatic heterocycles. The fourth-order valence-electron chi connectivity index (χ4n) is 2.05. The number of ether oxygens (including phenoxy) is 1. The minimum atomic E-state index is 0.576. The molecule has 0 bridgehead atoms. The number of anilines is 3. The number of methoxy groups -OCH3 is 1. The minimum Gasteiger partial charge on any atom is -0.481 e. The van der Waals surface area contributed by atoms with Crippen LogP contribution in [0.25, 0.3) is 0 Å². The van der Waals surface area contributed by atoms with E-state index >= 15 is 0 Å². The van der Waals surface area contributed by atoms with Crippen LogP contribution in [-0.2, 0) is 0 Å². The quantitative estimate of drug-likeness (QED) is 0.872. The lowest BCUT2D eigenvalue weighted by atomic mass is 10.2. The van der Waals surface area contributed by atoms with E-state index in [0.29, 0.717) is 11.6 Å². The molecular weight excluding hydrogens is 250 g/mol. The van der Waals surface area contributed by atoms with Crippen LogP contribution in [0.3, 0.4) is 0 Å². The first-order chi connectivity index (χ1) is 9.76. The maximum atomic E-state index is 6.09. The lowest BCUT2D eigenvalue weighted by Crippen LogP contribution is -2.21. The number of benzene rings is 1. The molecule has 0 saturated carbocycles. The second-order valence-corrected chi connectivity index (χ2v) is 4.61. The van der Waals surface area contributed by atoms with Gasteiger partial charge < -0.3 is 15.4 Å². The molecule has 0 fully saturated rings. The Balaban J connectivity index is 2.40. The molecule has 0 aliphatic heterocycles. The molecule has 0 aliphatic rings. The highest BCUT2D eigenvalue weighted by molar-refractivity contribution is 5.71. The zero-order valence-corrected chi connectivity index (χ0v) is 12.0. The molecular formula is C16H21N3O. The smallest absolute Gasteiger partial charge is 0.215 e. The number of para-hydroxylation sites is 1. The van der Waals surface area contributed by atoms with Gasteiger partial charge in [-0.15, -0.1) is 0 Å². The number of nitrogens with two attached hydrogens (primary N) is 1. The fourth-order valence-corrected chi connectivity index (χ4v) is 2.05. The van der Waals surface area contributed by atoms with Crippen LogP contribution in [0.2, 0.25) is 0 Å². The predicted molar refractivity (Wildman–Crippen MR) is 83.6 cm³/mol. The SMILES string of the molecule is CCCCN(c1ccccc1)c1nc(OC)ccc1N. The average Bonchev–Trinajstić information content (AvgIpc) is 2.50. The summed E-state index contributed by atoms with van der Waals surface area (Å²) in [5.41, 5.74) is 7.84. The summed E-state index contributed by atoms with van der Waals surface area (Å²) in [6, 6.07) is 13.8. The van der Waals surface area contributed by atoms with Crippen molar-refractivity contribution in [1.82, 2.24) is 4.98 Å². The zero-order valence-electron chi connectivity index (χ0n) is 12.0. The van der Waals surface area contributed by atoms with Crippen molar-refractivity contribution in [3.8, 4) is 5.88 Å². The molecule has 106 valence electrons. The Kier molecular flexibility index (Phi) is 4.82. The molecule has 2 N–H and O–H groups in total. The van der Waals surface area contributed by atoms with E-state index < -0.39 is 0 Å². The van der Waals surface area contributed by atoms with Crippen molar-refractivity contribution in [2.24, 2.45) is 0 Å². The van der Waals surface area contributed by atoms with Crippen LogP contribution in [-0.4, -0.2) is 18.6 Å². The van der Waals surface area contributed by atoms with Crippen LogP contribution in [0, 0.1) is 0 Å². The van der Waals surface area contributed by atoms with Gasteiger partial charge in [0.15, 0.2) is 5.82 Å². The predicted octanol–water partition coefficient (Wildman–Crippen LogP) is 3.61. The van der Waals surface area contributed by atoms with Gasteiger partial charge in [-0.2, -0.15) is 4.98 Å². The van der Waals surface area contributed by atoms with Crippen LogP contribution < -0.4 is 15.4 Å². The Morgan fingerprint density at radius 2 is 1.90 bits per heavy atom. The third kappa shape index (κ3) is 3.20. The zero-order chi connectivity index (χ0) is 14.4. The van der Waals surface area contributed by atoms with Crippen LogP contribution in [0.1, 0.15) is 19.8 Å². The Morgan fingerprint density at radius 1 is 1.15 bits per heavy atom. The maximum absolute atomic E-state index is 6.09. The highest BCUT2D eigenvalue weighted by Crippen LogP contribution is 2.30. The van der Waals surface area contributed by atoms with Crippen LogP contribution >= 0.6 is 0 Å². The van der Waals surface area contributed by atoms with Crippen molar-refractivity contribution in [3.63, 3.8) is 0 Å². The molecule has 0 atom stereocenters. The Hall–Kier alpha value is -2.23. The summed E-state index contributed by atoms with van der Waals surface area (Å²) in [4.78, 5) is 6.64. The van der Waals surface area contributed by atoms with Gasteiger partial charge in [0.25, 0.3) is 0 Å². The first-order valence-electron chi connectivity index (χ1n) is 6.89. The first-order valence-corrected chi connectivity index (χ1v) is 6.89. The fraction of sp³-hybridized carbons (Fsp3) is 0.312. The molecule has 0 saturated heterocycles. The van der Waals surface area contributed by atoms with Crippen molar-refractivity contribution in [3.05, 3.63) is 42.5 Å². The number of hydrogen-bond acceptors (Lipinski definition) is 4. The summed E-state index contributed by atoms with van der Waals surface area (Å²) < 4.78 is 5.21. The van der Waals surface area contributed by atoms with E-state index in [2.05, 4.69) is 28.9 Å². The lowest BCUT2D eigenvalue weighted by Gasteiger charge is -2.25. The molecule has 2 aromatic rings. The Labute approximate surface area is 120 Å². The summed E-state index contributed by atoms with van der Waals surface area (Å²) in [5, 5.41) is 0. The van der Waals surface area contributed by atoms with E-state index in [1.54, 1.807) is 13.2 Å². The summed E-state index contributed by atoms with van der Waals surface area (Å²) in [6.07, 6.45) is 2.19. The monoisotopic (exact) mass is 271 g/mol. The number of pyridine rings is 1. The molecule has 0 radical (unpaired) electrons. The first kappa shape index (κ1) is 14.2. The molecule has 0 amide bonds. The van der Waals surface area contributed by atoms with Crippen molar-refractivity contribution < 1.29 is 4.74 Å². The van der Waals surface area contributed by atoms with Crippen LogP contribution in [0.4, 0.5) is 17.2 Å². The molecule has 0 unspecified atom stereocenters. The summed E-state index contributed by atoms with van der Waals surface area (Å²) in [6.45, 7) is 3.05. The lowest BCUT2D eigenvalue weighted by molar-refractivity contribution is 0.398. The maximum Gasteiger partial charge on any atom is 0.215 e. The van der Waals surface area contributed by atoms with Gasteiger partial charge in [-0.25, -0.2) is 0 Å². The van der Waals surface area contributed by atoms with Gasteiger partial charge in [0.1, 0.15) is 0 Å². The summed E-state index contributed by atoms with van der Waals surface area (Å²) in [7, 11) is 1.61. The van der Waals surface area contributed by atoms with E-state index in [-0.39, 0.29) is 0 Å². The van der Waals surface area contributed by atoms with Gasteiger partial charge in [0, 0.05) is 18.3 Å². The Bertz CT molecular complexity index is 543. The number of nitrogen functional groups attached to an aromatic ring is 1. The highest BCUT2D eigenvalue weighted by atomic mass is 16.5. The molecule has 0 spiro atoms. The average molecular weight is 271 g/mol. The highest BCUT2D eigenvalue weighted by Gasteiger charge is 2.14. The largest absolute Gasteiger partial charge is 0.481 e. The number of nitrogens with zero attached hydrogens (tertiary/aromatic N) is 2. The van der Waals surface area contributed by atoms with Gasteiger partial charge in [0.05, 0.1) is 12.8 Å². The summed E-state index contributed by atoms with van der Waals surface area (Å²) in [5.74, 6) is 1.33. The molecule has 1 heterocycles. The van der Waals surface area contributed by atoms with E-state index in [4.69, 9.17) is 10.5 Å². The van der Waals surface area contributed by atoms with Gasteiger partial charge in [0.2, 0.25) is 5.88 Å². The number of aromatic nitrogens is 1. The second kappa shape index (κ2) is 6.80. The van der Waals surface area contributed by atoms with Gasteiger partial charge >= 0.3 is 0 Å². The molecule has 2 rings (SSSR count). The van der Waals surface area contributed by atoms with Crippen molar-refractivity contribution in [2.45, 2.75) is 19.8 Å². The van der Waals surface area contributed by atoms with Gasteiger partial charge in [-0.1, -0.05) is 31.5 Å². The summed E-state index contributed by atoms with van der Waals surface area (Å²) >= 11 is 0. The third-order valence-corrected chi connectivity index (χ3v) is 3.15. The molecule has 1 aromatic carbocycles. The standard InChI is InChI=1S/C16H21N3O/c1-3-4-12-19(13-8-6-5-7-9-13)16-14(17)10-11-15(18-16)20-2/h5-11H,3-4,12,17H2,1-2H3. The minimum absolute atomic E-state index is 0.576. The van der Waals surface area contributed by atoms with Crippen molar-refractivity contribution in [2.75, 3.05) is 24.3 Å². The number of unbranched alkanes of at least 4 members (excludes halogenated alkanes) is 1. The van der Waals surface area contributed by atoms with E-state index in [9.17, 15) is 0 Å². The third-order valence-electron chi connectivity index (χ3n) is 3.15. The molecule has 4 nitrogen and oxygen atoms in total. The van der Waals surface area contributed by atoms with Gasteiger partial charge in [-0.05, 0) is 24.6 Å². The van der Waals surface area contributed by atoms with E-state index in [1.807, 2.05) is 24.3 Å². The van der Waals surface area contributed by atoms with E-state index in [1.165, 1.54) is 0 Å². The number of rotatable bonds is 6. The second-order valence-electron chi connectivity index (χ2n) is 4.61. The normalized spacial score (nSPS) is 10.3. The van der Waals surface area contributed by atoms with Crippen LogP contribution in [0.15, 0.2) is 42.5 Å². The topological polar surface area (TPSA) is 51.4 Å². The van der Waals surface area contributed by atoms with Gasteiger partial charge in [-0.3, -0.25) is 0 Å². The molecule has 0 aliphatic carbocycles. The van der Waals surface area contributed by atoms with Crippen LogP contribution in [0.5, 0.6) is 5.88 Å². The number of hydrogen-bond donors (Lipinski definition) is 1. The Morgan fingerprint density at radius 3 is 2.55 bits per heavy atom. The van der Waals surface area contributed by atoms with E-state index in [0.717, 1.165) is 30.9 Å². The van der Waals surface area contributed by atoms with Crippen molar-refractivity contribution >= 4 is 17.2 Å².